The zero-order chi connectivity index (χ0) is 11.1. The standard InChI is InChI=1S/C14H16N2.2ClH/c1-3-9-15(10-4-1)13-7-8-14-16-11-5-2-6-12-16;;/h1-12H,13-14H2;2*1H/q+2;;/p-2. The van der Waals surface area contributed by atoms with Crippen molar-refractivity contribution in [2.24, 2.45) is 0 Å². The molecular weight excluding hydrogens is 267 g/mol. The minimum Gasteiger partial charge on any atom is -1.00 e. The van der Waals surface area contributed by atoms with E-state index in [9.17, 15) is 0 Å². The van der Waals surface area contributed by atoms with Crippen LogP contribution in [0.3, 0.4) is 0 Å². The fourth-order valence-corrected chi connectivity index (χ4v) is 1.50. The van der Waals surface area contributed by atoms with Crippen molar-refractivity contribution < 1.29 is 33.9 Å². The molecule has 2 nitrogen and oxygen atoms in total. The molecule has 2 aromatic heterocycles. The van der Waals surface area contributed by atoms with Gasteiger partial charge in [-0.15, -0.1) is 0 Å². The molecule has 0 saturated heterocycles. The van der Waals surface area contributed by atoms with Gasteiger partial charge in [-0.05, 0) is 12.2 Å². The number of allylic oxidation sites excluding steroid dienone is 2. The third-order valence-corrected chi connectivity index (χ3v) is 2.35. The van der Waals surface area contributed by atoms with Crippen molar-refractivity contribution in [1.29, 1.82) is 0 Å². The maximum absolute atomic E-state index is 2.18. The fourth-order valence-electron chi connectivity index (χ4n) is 1.50. The summed E-state index contributed by atoms with van der Waals surface area (Å²) in [6, 6.07) is 12.2. The Morgan fingerprint density at radius 3 is 1.22 bits per heavy atom. The van der Waals surface area contributed by atoms with E-state index in [-0.39, 0.29) is 24.8 Å². The Labute approximate surface area is 120 Å². The van der Waals surface area contributed by atoms with Crippen molar-refractivity contribution in [3.63, 3.8) is 0 Å². The van der Waals surface area contributed by atoms with Crippen LogP contribution < -0.4 is 33.9 Å². The van der Waals surface area contributed by atoms with Gasteiger partial charge in [0.15, 0.2) is 37.9 Å². The summed E-state index contributed by atoms with van der Waals surface area (Å²) in [6.07, 6.45) is 12.6. The molecule has 0 aliphatic rings. The number of rotatable bonds is 4. The largest absolute Gasteiger partial charge is 1.00 e. The lowest BCUT2D eigenvalue weighted by Gasteiger charge is -1.90. The van der Waals surface area contributed by atoms with Gasteiger partial charge >= 0.3 is 0 Å². The predicted octanol–water partition coefficient (Wildman–Crippen LogP) is -4.47. The van der Waals surface area contributed by atoms with E-state index >= 15 is 0 Å². The number of halogens is 2. The van der Waals surface area contributed by atoms with E-state index in [4.69, 9.17) is 0 Å². The lowest BCUT2D eigenvalue weighted by atomic mass is 10.4. The number of pyridine rings is 2. The van der Waals surface area contributed by atoms with Gasteiger partial charge in [-0.25, -0.2) is 9.13 Å². The Morgan fingerprint density at radius 1 is 0.556 bits per heavy atom. The third kappa shape index (κ3) is 5.80. The fraction of sp³-hybridized carbons (Fsp3) is 0.143. The van der Waals surface area contributed by atoms with Crippen LogP contribution in [0.25, 0.3) is 0 Å². The molecule has 0 N–H and O–H groups in total. The predicted molar refractivity (Wildman–Crippen MR) is 62.4 cm³/mol. The zero-order valence-electron chi connectivity index (χ0n) is 9.99. The highest BCUT2D eigenvalue weighted by atomic mass is 35.5. The Hall–Kier alpha value is -1.38. The monoisotopic (exact) mass is 282 g/mol. The maximum atomic E-state index is 2.18. The average molecular weight is 283 g/mol. The Bertz CT molecular complexity index is 400. The highest BCUT2D eigenvalue weighted by Crippen LogP contribution is 1.81. The van der Waals surface area contributed by atoms with Crippen molar-refractivity contribution in [1.82, 2.24) is 0 Å². The van der Waals surface area contributed by atoms with Gasteiger partial charge in [0, 0.05) is 24.3 Å². The summed E-state index contributed by atoms with van der Waals surface area (Å²) in [5.41, 5.74) is 0. The molecular formula is C14H16Cl2N2. The summed E-state index contributed by atoms with van der Waals surface area (Å²) in [5.74, 6) is 0. The van der Waals surface area contributed by atoms with Crippen LogP contribution in [0.5, 0.6) is 0 Å². The summed E-state index contributed by atoms with van der Waals surface area (Å²) in [6.45, 7) is 1.85. The van der Waals surface area contributed by atoms with Crippen LogP contribution in [0.1, 0.15) is 0 Å². The van der Waals surface area contributed by atoms with Crippen LogP contribution in [0.4, 0.5) is 0 Å². The molecule has 2 rings (SSSR count). The molecule has 0 unspecified atom stereocenters. The highest BCUT2D eigenvalue weighted by Gasteiger charge is 1.94. The summed E-state index contributed by atoms with van der Waals surface area (Å²) < 4.78 is 4.29. The minimum atomic E-state index is 0. The number of nitrogens with zero attached hydrogens (tertiary/aromatic N) is 2. The molecule has 0 amide bonds. The van der Waals surface area contributed by atoms with Gasteiger partial charge in [0.1, 0.15) is 0 Å². The molecule has 96 valence electrons. The van der Waals surface area contributed by atoms with Crippen LogP contribution in [0.2, 0.25) is 0 Å². The smallest absolute Gasteiger partial charge is 0.169 e. The molecule has 0 bridgehead atoms. The van der Waals surface area contributed by atoms with Crippen molar-refractivity contribution in [2.45, 2.75) is 13.1 Å². The summed E-state index contributed by atoms with van der Waals surface area (Å²) >= 11 is 0. The molecule has 2 heterocycles. The van der Waals surface area contributed by atoms with Crippen molar-refractivity contribution in [3.8, 4) is 0 Å². The molecule has 0 fully saturated rings. The second kappa shape index (κ2) is 9.63. The van der Waals surface area contributed by atoms with E-state index in [1.807, 2.05) is 36.4 Å². The molecule has 2 aromatic rings. The van der Waals surface area contributed by atoms with E-state index in [0.29, 0.717) is 0 Å². The van der Waals surface area contributed by atoms with Gasteiger partial charge < -0.3 is 24.8 Å². The molecule has 18 heavy (non-hydrogen) atoms. The lowest BCUT2D eigenvalue weighted by Crippen LogP contribution is -3.00. The second-order valence-electron chi connectivity index (χ2n) is 3.62. The summed E-state index contributed by atoms with van der Waals surface area (Å²) in [7, 11) is 0. The average Bonchev–Trinajstić information content (AvgIpc) is 2.37. The lowest BCUT2D eigenvalue weighted by molar-refractivity contribution is -0.691. The molecule has 0 spiro atoms. The van der Waals surface area contributed by atoms with Crippen LogP contribution in [-0.2, 0) is 13.1 Å². The first kappa shape index (κ1) is 16.6. The van der Waals surface area contributed by atoms with E-state index in [0.717, 1.165) is 13.1 Å². The number of hydrogen-bond donors (Lipinski definition) is 0. The Balaban J connectivity index is 0.00000144. The second-order valence-corrected chi connectivity index (χ2v) is 3.62. The summed E-state index contributed by atoms with van der Waals surface area (Å²) in [4.78, 5) is 0. The topological polar surface area (TPSA) is 7.76 Å². The number of hydrogen-bond acceptors (Lipinski definition) is 0. The van der Waals surface area contributed by atoms with E-state index in [2.05, 4.69) is 46.1 Å². The van der Waals surface area contributed by atoms with E-state index < -0.39 is 0 Å². The third-order valence-electron chi connectivity index (χ3n) is 2.35. The van der Waals surface area contributed by atoms with Gasteiger partial charge in [-0.1, -0.05) is 12.1 Å². The first-order valence-electron chi connectivity index (χ1n) is 5.48. The maximum Gasteiger partial charge on any atom is 0.169 e. The quantitative estimate of drug-likeness (QED) is 0.395. The minimum absolute atomic E-state index is 0. The van der Waals surface area contributed by atoms with Gasteiger partial charge in [0.05, 0.1) is 0 Å². The molecule has 0 aromatic carbocycles. The SMILES string of the molecule is C(=CC[n+]1ccccc1)C[n+]1ccccc1.[Cl-].[Cl-]. The first-order chi connectivity index (χ1) is 7.95. The van der Waals surface area contributed by atoms with Crippen LogP contribution in [-0.4, -0.2) is 0 Å². The van der Waals surface area contributed by atoms with Gasteiger partial charge in [0.25, 0.3) is 0 Å². The Morgan fingerprint density at radius 2 is 0.889 bits per heavy atom. The number of aromatic nitrogens is 2. The highest BCUT2D eigenvalue weighted by molar-refractivity contribution is 4.85. The van der Waals surface area contributed by atoms with Crippen molar-refractivity contribution in [2.75, 3.05) is 0 Å². The van der Waals surface area contributed by atoms with E-state index in [1.165, 1.54) is 0 Å². The zero-order valence-corrected chi connectivity index (χ0v) is 11.5. The summed E-state index contributed by atoms with van der Waals surface area (Å²) in [5, 5.41) is 0. The molecule has 0 radical (unpaired) electrons. The normalized spacial score (nSPS) is 9.56. The molecule has 0 aliphatic carbocycles. The van der Waals surface area contributed by atoms with E-state index in [1.54, 1.807) is 0 Å². The molecule has 0 aliphatic heterocycles. The van der Waals surface area contributed by atoms with Crippen LogP contribution >= 0.6 is 0 Å². The van der Waals surface area contributed by atoms with Gasteiger partial charge in [-0.3, -0.25) is 0 Å². The first-order valence-corrected chi connectivity index (χ1v) is 5.48. The van der Waals surface area contributed by atoms with Crippen LogP contribution in [0, 0.1) is 0 Å². The Kier molecular flexibility index (Phi) is 8.89. The molecule has 4 heteroatoms. The van der Waals surface area contributed by atoms with Crippen LogP contribution in [0.15, 0.2) is 73.3 Å². The van der Waals surface area contributed by atoms with Gasteiger partial charge in [-0.2, -0.15) is 0 Å². The van der Waals surface area contributed by atoms with Crippen molar-refractivity contribution in [3.05, 3.63) is 73.3 Å². The molecule has 0 atom stereocenters. The van der Waals surface area contributed by atoms with Gasteiger partial charge in [0.2, 0.25) is 0 Å². The molecule has 0 saturated carbocycles. The van der Waals surface area contributed by atoms with Crippen molar-refractivity contribution >= 4 is 0 Å².